The molecular weight excluding hydrogens is 234 g/mol. The molecule has 0 bridgehead atoms. The summed E-state index contributed by atoms with van der Waals surface area (Å²) < 4.78 is 15.3. The fourth-order valence-electron chi connectivity index (χ4n) is 1.60. The Morgan fingerprint density at radius 3 is 2.67 bits per heavy atom. The Balaban J connectivity index is 2.59. The summed E-state index contributed by atoms with van der Waals surface area (Å²) in [4.78, 5) is 11.2. The summed E-state index contributed by atoms with van der Waals surface area (Å²) in [5.74, 6) is 1.09. The Morgan fingerprint density at radius 2 is 2.06 bits per heavy atom. The summed E-state index contributed by atoms with van der Waals surface area (Å²) in [7, 11) is 3.18. The standard InChI is InChI=1S/C13H19NO4/c1-4-18-12(15)9-14-8-10-6-5-7-11(16-2)13(10)17-3/h5-7,14H,4,8-9H2,1-3H3. The minimum atomic E-state index is -0.264. The summed E-state index contributed by atoms with van der Waals surface area (Å²) in [6, 6.07) is 5.62. The first kappa shape index (κ1) is 14.3. The number of hydrogen-bond donors (Lipinski definition) is 1. The molecule has 0 atom stereocenters. The van der Waals surface area contributed by atoms with E-state index in [4.69, 9.17) is 14.2 Å². The molecule has 0 saturated carbocycles. The number of ether oxygens (including phenoxy) is 3. The molecule has 0 radical (unpaired) electrons. The minimum absolute atomic E-state index is 0.175. The molecule has 0 heterocycles. The van der Waals surface area contributed by atoms with Crippen molar-refractivity contribution in [1.82, 2.24) is 5.32 Å². The lowest BCUT2D eigenvalue weighted by molar-refractivity contribution is -0.142. The predicted octanol–water partition coefficient (Wildman–Crippen LogP) is 1.36. The second kappa shape index (κ2) is 7.55. The highest BCUT2D eigenvalue weighted by Gasteiger charge is 2.09. The SMILES string of the molecule is CCOC(=O)CNCc1cccc(OC)c1OC. The van der Waals surface area contributed by atoms with E-state index in [0.717, 1.165) is 5.56 Å². The molecule has 5 nitrogen and oxygen atoms in total. The van der Waals surface area contributed by atoms with E-state index in [2.05, 4.69) is 5.32 Å². The zero-order chi connectivity index (χ0) is 13.4. The van der Waals surface area contributed by atoms with E-state index < -0.39 is 0 Å². The van der Waals surface area contributed by atoms with Gasteiger partial charge in [0.2, 0.25) is 0 Å². The zero-order valence-electron chi connectivity index (χ0n) is 11.0. The maximum Gasteiger partial charge on any atom is 0.319 e. The van der Waals surface area contributed by atoms with Crippen LogP contribution in [0.15, 0.2) is 18.2 Å². The van der Waals surface area contributed by atoms with Gasteiger partial charge in [-0.3, -0.25) is 4.79 Å². The minimum Gasteiger partial charge on any atom is -0.493 e. The van der Waals surface area contributed by atoms with Gasteiger partial charge in [0.25, 0.3) is 0 Å². The van der Waals surface area contributed by atoms with Crippen LogP contribution >= 0.6 is 0 Å². The number of benzene rings is 1. The zero-order valence-corrected chi connectivity index (χ0v) is 11.0. The van der Waals surface area contributed by atoms with Gasteiger partial charge < -0.3 is 19.5 Å². The number of carbonyl (C=O) groups is 1. The van der Waals surface area contributed by atoms with Gasteiger partial charge in [-0.05, 0) is 13.0 Å². The monoisotopic (exact) mass is 253 g/mol. The van der Waals surface area contributed by atoms with Crippen LogP contribution in [0.1, 0.15) is 12.5 Å². The molecule has 0 aromatic heterocycles. The maximum atomic E-state index is 11.2. The largest absolute Gasteiger partial charge is 0.493 e. The molecule has 0 saturated heterocycles. The first-order chi connectivity index (χ1) is 8.72. The van der Waals surface area contributed by atoms with Crippen molar-refractivity contribution in [3.8, 4) is 11.5 Å². The lowest BCUT2D eigenvalue weighted by Crippen LogP contribution is -2.24. The fraction of sp³-hybridized carbons (Fsp3) is 0.462. The van der Waals surface area contributed by atoms with E-state index in [1.54, 1.807) is 21.1 Å². The van der Waals surface area contributed by atoms with Crippen molar-refractivity contribution in [2.24, 2.45) is 0 Å². The van der Waals surface area contributed by atoms with Gasteiger partial charge in [0.05, 0.1) is 27.4 Å². The second-order valence-electron chi connectivity index (χ2n) is 3.56. The van der Waals surface area contributed by atoms with E-state index in [-0.39, 0.29) is 12.5 Å². The van der Waals surface area contributed by atoms with Crippen molar-refractivity contribution < 1.29 is 19.0 Å². The molecule has 5 heteroatoms. The first-order valence-electron chi connectivity index (χ1n) is 5.79. The molecule has 100 valence electrons. The van der Waals surface area contributed by atoms with Crippen molar-refractivity contribution in [2.75, 3.05) is 27.4 Å². The summed E-state index contributed by atoms with van der Waals surface area (Å²) in [6.45, 7) is 2.86. The number of rotatable bonds is 7. The predicted molar refractivity (Wildman–Crippen MR) is 67.9 cm³/mol. The third-order valence-electron chi connectivity index (χ3n) is 2.37. The molecule has 0 aliphatic heterocycles. The number of para-hydroxylation sites is 1. The number of methoxy groups -OCH3 is 2. The summed E-state index contributed by atoms with van der Waals surface area (Å²) in [5.41, 5.74) is 0.932. The van der Waals surface area contributed by atoms with Gasteiger partial charge in [-0.1, -0.05) is 12.1 Å². The second-order valence-corrected chi connectivity index (χ2v) is 3.56. The maximum absolute atomic E-state index is 11.2. The Hall–Kier alpha value is -1.75. The van der Waals surface area contributed by atoms with Gasteiger partial charge in [0.15, 0.2) is 11.5 Å². The third-order valence-corrected chi connectivity index (χ3v) is 2.37. The van der Waals surface area contributed by atoms with Crippen LogP contribution in [-0.2, 0) is 16.1 Å². The first-order valence-corrected chi connectivity index (χ1v) is 5.79. The summed E-state index contributed by atoms with van der Waals surface area (Å²) in [6.07, 6.45) is 0. The Morgan fingerprint density at radius 1 is 1.28 bits per heavy atom. The van der Waals surface area contributed by atoms with E-state index >= 15 is 0 Å². The van der Waals surface area contributed by atoms with Crippen LogP contribution < -0.4 is 14.8 Å². The van der Waals surface area contributed by atoms with Crippen LogP contribution in [0.4, 0.5) is 0 Å². The van der Waals surface area contributed by atoms with Gasteiger partial charge in [-0.15, -0.1) is 0 Å². The van der Waals surface area contributed by atoms with E-state index in [0.29, 0.717) is 24.7 Å². The average Bonchev–Trinajstić information content (AvgIpc) is 2.38. The molecule has 18 heavy (non-hydrogen) atoms. The van der Waals surface area contributed by atoms with Gasteiger partial charge in [0.1, 0.15) is 0 Å². The molecule has 1 aromatic rings. The average molecular weight is 253 g/mol. The number of hydrogen-bond acceptors (Lipinski definition) is 5. The van der Waals surface area contributed by atoms with Crippen LogP contribution in [-0.4, -0.2) is 33.3 Å². The molecule has 0 amide bonds. The quantitative estimate of drug-likeness (QED) is 0.743. The van der Waals surface area contributed by atoms with Crippen molar-refractivity contribution in [3.05, 3.63) is 23.8 Å². The van der Waals surface area contributed by atoms with E-state index in [1.165, 1.54) is 0 Å². The van der Waals surface area contributed by atoms with Gasteiger partial charge in [-0.2, -0.15) is 0 Å². The number of esters is 1. The molecule has 1 N–H and O–H groups in total. The molecule has 0 fully saturated rings. The highest BCUT2D eigenvalue weighted by molar-refractivity contribution is 5.71. The fourth-order valence-corrected chi connectivity index (χ4v) is 1.60. The molecular formula is C13H19NO4. The Kier molecular flexibility index (Phi) is 6.00. The van der Waals surface area contributed by atoms with Crippen molar-refractivity contribution in [3.63, 3.8) is 0 Å². The lowest BCUT2D eigenvalue weighted by Gasteiger charge is -2.12. The summed E-state index contributed by atoms with van der Waals surface area (Å²) in [5, 5.41) is 3.00. The molecule has 0 spiro atoms. The van der Waals surface area contributed by atoms with Crippen LogP contribution in [0, 0.1) is 0 Å². The van der Waals surface area contributed by atoms with Crippen molar-refractivity contribution in [1.29, 1.82) is 0 Å². The molecule has 1 rings (SSSR count). The normalized spacial score (nSPS) is 9.94. The Labute approximate surface area is 107 Å². The summed E-state index contributed by atoms with van der Waals surface area (Å²) >= 11 is 0. The van der Waals surface area contributed by atoms with E-state index in [9.17, 15) is 4.79 Å². The van der Waals surface area contributed by atoms with Gasteiger partial charge >= 0.3 is 5.97 Å². The van der Waals surface area contributed by atoms with Crippen LogP contribution in [0.25, 0.3) is 0 Å². The highest BCUT2D eigenvalue weighted by atomic mass is 16.5. The van der Waals surface area contributed by atoms with E-state index in [1.807, 2.05) is 18.2 Å². The van der Waals surface area contributed by atoms with Crippen LogP contribution in [0.5, 0.6) is 11.5 Å². The van der Waals surface area contributed by atoms with Crippen LogP contribution in [0.3, 0.4) is 0 Å². The highest BCUT2D eigenvalue weighted by Crippen LogP contribution is 2.30. The molecule has 0 aliphatic carbocycles. The smallest absolute Gasteiger partial charge is 0.319 e. The number of nitrogens with one attached hydrogen (secondary N) is 1. The lowest BCUT2D eigenvalue weighted by atomic mass is 10.2. The topological polar surface area (TPSA) is 56.8 Å². The Bertz CT molecular complexity index is 393. The molecule has 0 unspecified atom stereocenters. The van der Waals surface area contributed by atoms with Gasteiger partial charge in [-0.25, -0.2) is 0 Å². The van der Waals surface area contributed by atoms with Crippen molar-refractivity contribution in [2.45, 2.75) is 13.5 Å². The van der Waals surface area contributed by atoms with Crippen LogP contribution in [0.2, 0.25) is 0 Å². The number of carbonyl (C=O) groups excluding carboxylic acids is 1. The van der Waals surface area contributed by atoms with Crippen molar-refractivity contribution >= 4 is 5.97 Å². The molecule has 1 aromatic carbocycles. The molecule has 0 aliphatic rings. The van der Waals surface area contributed by atoms with Gasteiger partial charge in [0, 0.05) is 12.1 Å². The third kappa shape index (κ3) is 3.92.